The first-order chi connectivity index (χ1) is 11.7. The van der Waals surface area contributed by atoms with Crippen LogP contribution in [0.25, 0.3) is 0 Å². The number of hydrogen-bond acceptors (Lipinski definition) is 6. The lowest BCUT2D eigenvalue weighted by molar-refractivity contribution is 0.0745. The molecule has 24 heavy (non-hydrogen) atoms. The lowest BCUT2D eigenvalue weighted by Gasteiger charge is -2.16. The van der Waals surface area contributed by atoms with Gasteiger partial charge in [-0.2, -0.15) is 0 Å². The Morgan fingerprint density at radius 2 is 1.04 bits per heavy atom. The van der Waals surface area contributed by atoms with Crippen LogP contribution in [0.1, 0.15) is 0 Å². The normalized spacial score (nSPS) is 28.8. The monoisotopic (exact) mass is 362 g/mol. The molecule has 2 saturated heterocycles. The number of aromatic hydroxyl groups is 2. The number of thioether (sulfide) groups is 2. The molecule has 2 aromatic rings. The molecule has 0 saturated carbocycles. The van der Waals surface area contributed by atoms with E-state index < -0.39 is 0 Å². The molecule has 2 fully saturated rings. The number of fused-ring (bicyclic) bond motifs is 1. The van der Waals surface area contributed by atoms with E-state index in [-0.39, 0.29) is 34.2 Å². The summed E-state index contributed by atoms with van der Waals surface area (Å²) in [7, 11) is 0. The van der Waals surface area contributed by atoms with Crippen molar-refractivity contribution in [3.63, 3.8) is 0 Å². The minimum atomic E-state index is 0.0958. The lowest BCUT2D eigenvalue weighted by Crippen LogP contribution is -2.28. The van der Waals surface area contributed by atoms with Gasteiger partial charge in [-0.25, -0.2) is 0 Å². The van der Waals surface area contributed by atoms with E-state index in [1.54, 1.807) is 47.8 Å². The van der Waals surface area contributed by atoms with Crippen LogP contribution in [0.5, 0.6) is 11.5 Å². The van der Waals surface area contributed by atoms with Crippen LogP contribution in [0.4, 0.5) is 0 Å². The molecule has 0 amide bonds. The fraction of sp³-hybridized carbons (Fsp3) is 0.333. The van der Waals surface area contributed by atoms with Crippen molar-refractivity contribution < 1.29 is 19.7 Å². The molecule has 2 heterocycles. The van der Waals surface area contributed by atoms with E-state index in [1.165, 1.54) is 0 Å². The van der Waals surface area contributed by atoms with Crippen molar-refractivity contribution in [3.05, 3.63) is 48.5 Å². The Morgan fingerprint density at radius 1 is 0.667 bits per heavy atom. The highest BCUT2D eigenvalue weighted by molar-refractivity contribution is 8.00. The Morgan fingerprint density at radius 3 is 1.42 bits per heavy atom. The van der Waals surface area contributed by atoms with Gasteiger partial charge in [-0.1, -0.05) is 0 Å². The van der Waals surface area contributed by atoms with Crippen LogP contribution in [-0.2, 0) is 9.47 Å². The number of hydrogen-bond donors (Lipinski definition) is 2. The van der Waals surface area contributed by atoms with Crippen molar-refractivity contribution in [1.29, 1.82) is 0 Å². The predicted molar refractivity (Wildman–Crippen MR) is 95.0 cm³/mol. The fourth-order valence-corrected chi connectivity index (χ4v) is 5.34. The second-order valence-electron chi connectivity index (χ2n) is 5.90. The zero-order chi connectivity index (χ0) is 16.5. The Bertz CT molecular complexity index is 628. The van der Waals surface area contributed by atoms with Gasteiger partial charge < -0.3 is 19.7 Å². The van der Waals surface area contributed by atoms with Crippen molar-refractivity contribution in [3.8, 4) is 11.5 Å². The van der Waals surface area contributed by atoms with Gasteiger partial charge >= 0.3 is 0 Å². The maximum absolute atomic E-state index is 9.38. The summed E-state index contributed by atoms with van der Waals surface area (Å²) >= 11 is 3.49. The Kier molecular flexibility index (Phi) is 4.63. The van der Waals surface area contributed by atoms with Crippen molar-refractivity contribution >= 4 is 23.5 Å². The van der Waals surface area contributed by atoms with Crippen LogP contribution in [0.15, 0.2) is 58.3 Å². The first-order valence-electron chi connectivity index (χ1n) is 7.83. The molecule has 2 aliphatic heterocycles. The van der Waals surface area contributed by atoms with Crippen LogP contribution in [0.2, 0.25) is 0 Å². The van der Waals surface area contributed by atoms with Gasteiger partial charge in [-0.3, -0.25) is 0 Å². The molecule has 0 radical (unpaired) electrons. The van der Waals surface area contributed by atoms with Crippen molar-refractivity contribution in [2.24, 2.45) is 0 Å². The number of rotatable bonds is 4. The molecule has 2 N–H and O–H groups in total. The van der Waals surface area contributed by atoms with Gasteiger partial charge in [0.05, 0.1) is 35.9 Å². The number of phenolic OH excluding ortho intramolecular Hbond substituents is 2. The van der Waals surface area contributed by atoms with E-state index in [9.17, 15) is 10.2 Å². The summed E-state index contributed by atoms with van der Waals surface area (Å²) in [6, 6.07) is 14.5. The molecule has 0 aromatic heterocycles. The van der Waals surface area contributed by atoms with Crippen molar-refractivity contribution in [2.75, 3.05) is 13.2 Å². The van der Waals surface area contributed by atoms with E-state index >= 15 is 0 Å². The van der Waals surface area contributed by atoms with Crippen LogP contribution in [0.3, 0.4) is 0 Å². The van der Waals surface area contributed by atoms with E-state index in [1.807, 2.05) is 24.3 Å². The molecule has 0 bridgehead atoms. The SMILES string of the molecule is Oc1ccc(S[C@H]2COC3C2OC[C@@H]3Sc2ccc(O)cc2)cc1. The van der Waals surface area contributed by atoms with E-state index in [4.69, 9.17) is 9.47 Å². The average Bonchev–Trinajstić information content (AvgIpc) is 3.16. The molecule has 4 atom stereocenters. The smallest absolute Gasteiger partial charge is 0.115 e. The summed E-state index contributed by atoms with van der Waals surface area (Å²) in [6.07, 6.45) is 0.192. The molecule has 4 rings (SSSR count). The predicted octanol–water partition coefficient (Wildman–Crippen LogP) is 3.52. The highest BCUT2D eigenvalue weighted by Crippen LogP contribution is 2.42. The van der Waals surface area contributed by atoms with Gasteiger partial charge in [0.25, 0.3) is 0 Å². The third-order valence-electron chi connectivity index (χ3n) is 4.21. The summed E-state index contributed by atoms with van der Waals surface area (Å²) in [6.45, 7) is 1.35. The Labute approximate surface area is 149 Å². The quantitative estimate of drug-likeness (QED) is 0.868. The molecule has 2 aliphatic rings. The molecule has 4 nitrogen and oxygen atoms in total. The summed E-state index contributed by atoms with van der Waals surface area (Å²) in [5.74, 6) is 0.560. The van der Waals surface area contributed by atoms with Crippen molar-refractivity contribution in [2.45, 2.75) is 32.5 Å². The van der Waals surface area contributed by atoms with E-state index in [2.05, 4.69) is 0 Å². The maximum atomic E-state index is 9.38. The van der Waals surface area contributed by atoms with E-state index in [0.717, 1.165) is 9.79 Å². The Hall–Kier alpha value is -1.34. The first-order valence-corrected chi connectivity index (χ1v) is 9.59. The third-order valence-corrected chi connectivity index (χ3v) is 6.71. The zero-order valence-electron chi connectivity index (χ0n) is 12.9. The van der Waals surface area contributed by atoms with E-state index in [0.29, 0.717) is 13.2 Å². The summed E-state index contributed by atoms with van der Waals surface area (Å²) in [5.41, 5.74) is 0. The number of ether oxygens (including phenoxy) is 2. The first kappa shape index (κ1) is 16.1. The van der Waals surface area contributed by atoms with Crippen LogP contribution in [-0.4, -0.2) is 46.1 Å². The molecule has 0 spiro atoms. The highest BCUT2D eigenvalue weighted by Gasteiger charge is 2.48. The number of benzene rings is 2. The van der Waals surface area contributed by atoms with Crippen molar-refractivity contribution in [1.82, 2.24) is 0 Å². The molecular formula is C18H18O4S2. The van der Waals surface area contributed by atoms with Gasteiger partial charge in [0.1, 0.15) is 11.5 Å². The zero-order valence-corrected chi connectivity index (χ0v) is 14.5. The minimum Gasteiger partial charge on any atom is -0.508 e. The van der Waals surface area contributed by atoms with Gasteiger partial charge in [-0.05, 0) is 48.5 Å². The maximum Gasteiger partial charge on any atom is 0.115 e. The second kappa shape index (κ2) is 6.88. The molecule has 126 valence electrons. The molecular weight excluding hydrogens is 344 g/mol. The number of phenols is 2. The largest absolute Gasteiger partial charge is 0.508 e. The minimum absolute atomic E-state index is 0.0958. The van der Waals surface area contributed by atoms with Crippen LogP contribution in [0, 0.1) is 0 Å². The third kappa shape index (κ3) is 3.37. The topological polar surface area (TPSA) is 58.9 Å². The second-order valence-corrected chi connectivity index (χ2v) is 8.52. The molecule has 6 heteroatoms. The lowest BCUT2D eigenvalue weighted by atomic mass is 10.2. The van der Waals surface area contributed by atoms with Gasteiger partial charge in [0.2, 0.25) is 0 Å². The summed E-state index contributed by atoms with van der Waals surface area (Å²) in [4.78, 5) is 2.22. The summed E-state index contributed by atoms with van der Waals surface area (Å²) < 4.78 is 12.1. The van der Waals surface area contributed by atoms with Crippen LogP contribution >= 0.6 is 23.5 Å². The fourth-order valence-electron chi connectivity index (χ4n) is 3.03. The molecule has 0 aliphatic carbocycles. The van der Waals surface area contributed by atoms with Gasteiger partial charge in [0.15, 0.2) is 0 Å². The summed E-state index contributed by atoms with van der Waals surface area (Å²) in [5, 5.41) is 19.3. The Balaban J connectivity index is 1.39. The van der Waals surface area contributed by atoms with Gasteiger partial charge in [0, 0.05) is 9.79 Å². The standard InChI is InChI=1S/C18H18O4S2/c19-11-1-5-13(6-2-11)23-15-9-21-18-16(10-22-17(15)18)24-14-7-3-12(20)4-8-14/h1-8,15-20H,9-10H2/t15-,16-,17?,18?/m0/s1. The molecule has 2 aromatic carbocycles. The average molecular weight is 362 g/mol. The molecule has 2 unspecified atom stereocenters. The van der Waals surface area contributed by atoms with Gasteiger partial charge in [-0.15, -0.1) is 23.5 Å². The highest BCUT2D eigenvalue weighted by atomic mass is 32.2. The van der Waals surface area contributed by atoms with Crippen LogP contribution < -0.4 is 0 Å².